The van der Waals surface area contributed by atoms with Crippen LogP contribution in [0.4, 0.5) is 0 Å². The third kappa shape index (κ3) is 2.94. The van der Waals surface area contributed by atoms with E-state index in [-0.39, 0.29) is 0 Å². The zero-order chi connectivity index (χ0) is 17.2. The summed E-state index contributed by atoms with van der Waals surface area (Å²) < 4.78 is 12.3. The van der Waals surface area contributed by atoms with Gasteiger partial charge in [-0.2, -0.15) is 0 Å². The number of methoxy groups -OCH3 is 2. The van der Waals surface area contributed by atoms with Crippen molar-refractivity contribution in [1.82, 2.24) is 14.9 Å². The molecule has 7 heteroatoms. The van der Waals surface area contributed by atoms with Gasteiger partial charge in [0.1, 0.15) is 11.5 Å². The van der Waals surface area contributed by atoms with E-state index in [0.717, 1.165) is 39.3 Å². The van der Waals surface area contributed by atoms with Gasteiger partial charge >= 0.3 is 0 Å². The maximum atomic E-state index is 5.22. The third-order valence-corrected chi connectivity index (χ3v) is 4.73. The third-order valence-electron chi connectivity index (χ3n) is 3.90. The summed E-state index contributed by atoms with van der Waals surface area (Å²) in [6, 6.07) is 15.7. The second-order valence-corrected chi connectivity index (χ2v) is 6.20. The van der Waals surface area contributed by atoms with E-state index < -0.39 is 0 Å². The topological polar surface area (TPSA) is 61.2 Å². The Hall–Kier alpha value is -2.93. The molecule has 0 fully saturated rings. The van der Waals surface area contributed by atoms with Crippen molar-refractivity contribution in [2.75, 3.05) is 19.6 Å². The minimum Gasteiger partial charge on any atom is -0.497 e. The molecule has 6 nitrogen and oxygen atoms in total. The molecule has 3 aromatic rings. The van der Waals surface area contributed by atoms with E-state index in [9.17, 15) is 0 Å². The first-order valence-electron chi connectivity index (χ1n) is 7.66. The van der Waals surface area contributed by atoms with Crippen molar-refractivity contribution in [2.24, 2.45) is 0 Å². The van der Waals surface area contributed by atoms with Crippen molar-refractivity contribution < 1.29 is 9.47 Å². The van der Waals surface area contributed by atoms with Gasteiger partial charge in [-0.05, 0) is 48.5 Å². The minimum atomic E-state index is 0.754. The van der Waals surface area contributed by atoms with E-state index in [1.807, 2.05) is 58.6 Å². The highest BCUT2D eigenvalue weighted by molar-refractivity contribution is 8.02. The molecule has 1 aliphatic rings. The second kappa shape index (κ2) is 6.52. The molecule has 0 aliphatic carbocycles. The molecule has 2 heterocycles. The maximum absolute atomic E-state index is 5.22. The van der Waals surface area contributed by atoms with Gasteiger partial charge in [0.2, 0.25) is 5.16 Å². The Kier molecular flexibility index (Phi) is 4.07. The lowest BCUT2D eigenvalue weighted by atomic mass is 10.2. The van der Waals surface area contributed by atoms with Crippen molar-refractivity contribution in [3.05, 3.63) is 59.5 Å². The molecule has 25 heavy (non-hydrogen) atoms. The largest absolute Gasteiger partial charge is 0.497 e. The summed E-state index contributed by atoms with van der Waals surface area (Å²) >= 11 is 1.53. The maximum Gasteiger partial charge on any atom is 0.214 e. The number of benzene rings is 2. The molecule has 2 aromatic carbocycles. The van der Waals surface area contributed by atoms with E-state index in [1.165, 1.54) is 11.8 Å². The van der Waals surface area contributed by atoms with Gasteiger partial charge in [-0.1, -0.05) is 11.8 Å². The van der Waals surface area contributed by atoms with Gasteiger partial charge in [-0.3, -0.25) is 5.43 Å². The standard InChI is InChI=1S/C18H16N4O2S/c1-23-14-7-3-12(4-8-14)16-11-25-18-20-19-17(22(18)21-16)13-5-9-15(24-2)10-6-13/h3-11,21H,1-2H3. The van der Waals surface area contributed by atoms with E-state index in [0.29, 0.717) is 0 Å². The highest BCUT2D eigenvalue weighted by Crippen LogP contribution is 2.32. The first-order chi connectivity index (χ1) is 12.3. The van der Waals surface area contributed by atoms with Crippen molar-refractivity contribution in [1.29, 1.82) is 0 Å². The molecular weight excluding hydrogens is 336 g/mol. The van der Waals surface area contributed by atoms with E-state index >= 15 is 0 Å². The van der Waals surface area contributed by atoms with Gasteiger partial charge in [-0.15, -0.1) is 10.2 Å². The molecule has 0 radical (unpaired) electrons. The predicted molar refractivity (Wildman–Crippen MR) is 98.2 cm³/mol. The van der Waals surface area contributed by atoms with Gasteiger partial charge in [0.05, 0.1) is 19.9 Å². The fourth-order valence-corrected chi connectivity index (χ4v) is 3.27. The molecule has 4 rings (SSSR count). The van der Waals surface area contributed by atoms with Crippen molar-refractivity contribution in [2.45, 2.75) is 5.16 Å². The second-order valence-electron chi connectivity index (χ2n) is 5.36. The molecule has 0 saturated carbocycles. The number of ether oxygens (including phenoxy) is 2. The van der Waals surface area contributed by atoms with Crippen LogP contribution in [0.1, 0.15) is 5.56 Å². The van der Waals surface area contributed by atoms with E-state index in [2.05, 4.69) is 15.6 Å². The number of rotatable bonds is 4. The molecule has 126 valence electrons. The monoisotopic (exact) mass is 352 g/mol. The number of hydrogen-bond acceptors (Lipinski definition) is 6. The number of thioether (sulfide) groups is 1. The van der Waals surface area contributed by atoms with Crippen molar-refractivity contribution >= 4 is 17.5 Å². The lowest BCUT2D eigenvalue weighted by Crippen LogP contribution is -2.18. The number of hydrogen-bond donors (Lipinski definition) is 1. The van der Waals surface area contributed by atoms with Crippen LogP contribution >= 0.6 is 11.8 Å². The zero-order valence-electron chi connectivity index (χ0n) is 13.8. The Bertz CT molecular complexity index is 917. The molecule has 0 saturated heterocycles. The van der Waals surface area contributed by atoms with Crippen LogP contribution in [0.3, 0.4) is 0 Å². The quantitative estimate of drug-likeness (QED) is 0.774. The number of nitrogens with one attached hydrogen (secondary N) is 1. The average molecular weight is 352 g/mol. The van der Waals surface area contributed by atoms with Crippen LogP contribution in [-0.4, -0.2) is 29.1 Å². The summed E-state index contributed by atoms with van der Waals surface area (Å²) in [5.41, 5.74) is 6.39. The van der Waals surface area contributed by atoms with Crippen LogP contribution in [0.25, 0.3) is 17.1 Å². The van der Waals surface area contributed by atoms with Gasteiger partial charge in [0, 0.05) is 16.5 Å². The van der Waals surface area contributed by atoms with Gasteiger partial charge in [0.15, 0.2) is 5.82 Å². The molecule has 0 spiro atoms. The zero-order valence-corrected chi connectivity index (χ0v) is 14.6. The highest BCUT2D eigenvalue weighted by atomic mass is 32.2. The van der Waals surface area contributed by atoms with Gasteiger partial charge in [0.25, 0.3) is 0 Å². The van der Waals surface area contributed by atoms with Crippen LogP contribution in [0, 0.1) is 0 Å². The van der Waals surface area contributed by atoms with Gasteiger partial charge in [-0.25, -0.2) is 4.68 Å². The van der Waals surface area contributed by atoms with Crippen LogP contribution in [0.5, 0.6) is 11.5 Å². The normalized spacial score (nSPS) is 12.8. The summed E-state index contributed by atoms with van der Waals surface area (Å²) in [5, 5.41) is 11.4. The molecule has 0 amide bonds. The first kappa shape index (κ1) is 15.6. The molecule has 1 aliphatic heterocycles. The molecule has 0 bridgehead atoms. The van der Waals surface area contributed by atoms with E-state index in [4.69, 9.17) is 9.47 Å². The Morgan fingerprint density at radius 2 is 1.44 bits per heavy atom. The number of aromatic nitrogens is 3. The Morgan fingerprint density at radius 3 is 2.04 bits per heavy atom. The summed E-state index contributed by atoms with van der Waals surface area (Å²) in [7, 11) is 3.31. The molecule has 0 unspecified atom stereocenters. The SMILES string of the molecule is COc1ccc(C2=CSc3nnc(-c4ccc(OC)cc4)n3N2)cc1. The van der Waals surface area contributed by atoms with Crippen LogP contribution in [0.2, 0.25) is 0 Å². The highest BCUT2D eigenvalue weighted by Gasteiger charge is 2.19. The smallest absolute Gasteiger partial charge is 0.214 e. The van der Waals surface area contributed by atoms with Crippen LogP contribution in [0.15, 0.2) is 59.1 Å². The van der Waals surface area contributed by atoms with Gasteiger partial charge < -0.3 is 9.47 Å². The lowest BCUT2D eigenvalue weighted by Gasteiger charge is -2.19. The molecule has 0 atom stereocenters. The van der Waals surface area contributed by atoms with Crippen molar-refractivity contribution in [3.8, 4) is 22.9 Å². The summed E-state index contributed by atoms with van der Waals surface area (Å²) in [6.45, 7) is 0. The molecule has 1 N–H and O–H groups in total. The summed E-state index contributed by atoms with van der Waals surface area (Å²) in [4.78, 5) is 0. The number of fused-ring (bicyclic) bond motifs is 1. The van der Waals surface area contributed by atoms with Crippen molar-refractivity contribution in [3.63, 3.8) is 0 Å². The summed E-state index contributed by atoms with van der Waals surface area (Å²) in [5.74, 6) is 2.39. The average Bonchev–Trinajstić information content (AvgIpc) is 3.11. The van der Waals surface area contributed by atoms with Crippen LogP contribution < -0.4 is 14.9 Å². The Balaban J connectivity index is 1.64. The molecule has 1 aromatic heterocycles. The minimum absolute atomic E-state index is 0.754. The Morgan fingerprint density at radius 1 is 0.840 bits per heavy atom. The summed E-state index contributed by atoms with van der Waals surface area (Å²) in [6.07, 6.45) is 0. The predicted octanol–water partition coefficient (Wildman–Crippen LogP) is 3.61. The lowest BCUT2D eigenvalue weighted by molar-refractivity contribution is 0.414. The fraction of sp³-hybridized carbons (Fsp3) is 0.111. The van der Waals surface area contributed by atoms with E-state index in [1.54, 1.807) is 14.2 Å². The molecular formula is C18H16N4O2S. The Labute approximate surface area is 149 Å². The fourth-order valence-electron chi connectivity index (χ4n) is 2.54. The van der Waals surface area contributed by atoms with Crippen LogP contribution in [-0.2, 0) is 0 Å². The first-order valence-corrected chi connectivity index (χ1v) is 8.54. The number of nitrogens with zero attached hydrogens (tertiary/aromatic N) is 3.